The van der Waals surface area contributed by atoms with Gasteiger partial charge in [-0.2, -0.15) is 0 Å². The highest BCUT2D eigenvalue weighted by Crippen LogP contribution is 2.29. The first kappa shape index (κ1) is 12.9. The number of nitrogens with zero attached hydrogens (tertiary/aromatic N) is 1. The molecule has 0 fully saturated rings. The van der Waals surface area contributed by atoms with Gasteiger partial charge in [0.15, 0.2) is 11.5 Å². The van der Waals surface area contributed by atoms with Crippen molar-refractivity contribution in [2.24, 2.45) is 5.73 Å². The molecule has 0 spiro atoms. The van der Waals surface area contributed by atoms with Gasteiger partial charge in [0.1, 0.15) is 6.61 Å². The van der Waals surface area contributed by atoms with E-state index in [9.17, 15) is 0 Å². The molecule has 2 N–H and O–H groups in total. The van der Waals surface area contributed by atoms with E-state index in [0.717, 1.165) is 28.4 Å². The molecular weight excluding hydrogens is 248 g/mol. The summed E-state index contributed by atoms with van der Waals surface area (Å²) in [4.78, 5) is 5.10. The van der Waals surface area contributed by atoms with Crippen molar-refractivity contribution < 1.29 is 9.47 Å². The van der Waals surface area contributed by atoms with Gasteiger partial charge >= 0.3 is 0 Å². The predicted molar refractivity (Wildman–Crippen MR) is 72.2 cm³/mol. The first-order valence-corrected chi connectivity index (χ1v) is 6.58. The third kappa shape index (κ3) is 3.21. The molecule has 0 aliphatic rings. The lowest BCUT2D eigenvalue weighted by molar-refractivity contribution is 0.287. The Morgan fingerprint density at radius 3 is 2.89 bits per heavy atom. The van der Waals surface area contributed by atoms with Gasteiger partial charge in [0.25, 0.3) is 0 Å². The van der Waals surface area contributed by atoms with Gasteiger partial charge in [-0.15, -0.1) is 11.3 Å². The van der Waals surface area contributed by atoms with E-state index in [1.54, 1.807) is 30.2 Å². The Morgan fingerprint density at radius 2 is 2.22 bits per heavy atom. The van der Waals surface area contributed by atoms with E-state index in [4.69, 9.17) is 15.2 Å². The number of thiazole rings is 1. The minimum absolute atomic E-state index is 0.507. The summed E-state index contributed by atoms with van der Waals surface area (Å²) in [6, 6.07) is 5.89. The van der Waals surface area contributed by atoms with Crippen LogP contribution in [0, 0.1) is 0 Å². The molecule has 96 valence electrons. The van der Waals surface area contributed by atoms with Crippen molar-refractivity contribution >= 4 is 11.3 Å². The van der Waals surface area contributed by atoms with Gasteiger partial charge in [0.05, 0.1) is 17.5 Å². The van der Waals surface area contributed by atoms with E-state index in [0.29, 0.717) is 13.2 Å². The number of methoxy groups -OCH3 is 1. The van der Waals surface area contributed by atoms with Crippen molar-refractivity contribution in [1.29, 1.82) is 0 Å². The lowest BCUT2D eigenvalue weighted by Gasteiger charge is -2.11. The number of ether oxygens (including phenoxy) is 2. The minimum Gasteiger partial charge on any atom is -0.493 e. The second-order valence-corrected chi connectivity index (χ2v) is 4.75. The summed E-state index contributed by atoms with van der Waals surface area (Å²) < 4.78 is 11.0. The Balaban J connectivity index is 2.10. The van der Waals surface area contributed by atoms with Gasteiger partial charge in [-0.1, -0.05) is 6.07 Å². The minimum atomic E-state index is 0.507. The van der Waals surface area contributed by atoms with E-state index in [-0.39, 0.29) is 0 Å². The summed E-state index contributed by atoms with van der Waals surface area (Å²) in [6.45, 7) is 1.13. The molecule has 1 aromatic carbocycles. The molecule has 2 rings (SSSR count). The molecule has 5 heteroatoms. The SMILES string of the molecule is COc1ccc(CCN)cc1OCc1cncs1. The fraction of sp³-hybridized carbons (Fsp3) is 0.308. The van der Waals surface area contributed by atoms with Gasteiger partial charge in [0, 0.05) is 6.20 Å². The van der Waals surface area contributed by atoms with Crippen molar-refractivity contribution in [2.75, 3.05) is 13.7 Å². The number of rotatable bonds is 6. The Bertz CT molecular complexity index is 486. The number of aromatic nitrogens is 1. The summed E-state index contributed by atoms with van der Waals surface area (Å²) in [6.07, 6.45) is 2.64. The third-order valence-electron chi connectivity index (χ3n) is 2.51. The maximum absolute atomic E-state index is 5.76. The molecule has 0 saturated heterocycles. The molecule has 0 unspecified atom stereocenters. The molecule has 0 aliphatic heterocycles. The predicted octanol–water partition coefficient (Wildman–Crippen LogP) is 2.23. The quantitative estimate of drug-likeness (QED) is 0.869. The van der Waals surface area contributed by atoms with E-state index >= 15 is 0 Å². The van der Waals surface area contributed by atoms with Crippen LogP contribution in [0.1, 0.15) is 10.4 Å². The Labute approximate surface area is 110 Å². The number of nitrogens with two attached hydrogens (primary N) is 1. The van der Waals surface area contributed by atoms with Gasteiger partial charge in [-0.3, -0.25) is 4.98 Å². The number of hydrogen-bond acceptors (Lipinski definition) is 5. The first-order valence-electron chi connectivity index (χ1n) is 5.70. The van der Waals surface area contributed by atoms with Crippen LogP contribution in [0.5, 0.6) is 11.5 Å². The zero-order chi connectivity index (χ0) is 12.8. The average Bonchev–Trinajstić information content (AvgIpc) is 2.90. The van der Waals surface area contributed by atoms with Gasteiger partial charge in [-0.05, 0) is 30.7 Å². The molecule has 1 aromatic heterocycles. The van der Waals surface area contributed by atoms with Gasteiger partial charge in [0.2, 0.25) is 0 Å². The Morgan fingerprint density at radius 1 is 1.33 bits per heavy atom. The summed E-state index contributed by atoms with van der Waals surface area (Å²) in [5.41, 5.74) is 8.50. The molecule has 0 saturated carbocycles. The second kappa shape index (κ2) is 6.37. The zero-order valence-corrected chi connectivity index (χ0v) is 11.1. The Hall–Kier alpha value is -1.59. The van der Waals surface area contributed by atoms with E-state index in [2.05, 4.69) is 4.98 Å². The number of benzene rings is 1. The Kier molecular flexibility index (Phi) is 4.55. The van der Waals surface area contributed by atoms with Crippen molar-refractivity contribution in [2.45, 2.75) is 13.0 Å². The molecule has 0 bridgehead atoms. The van der Waals surface area contributed by atoms with Crippen LogP contribution in [-0.2, 0) is 13.0 Å². The molecule has 0 aliphatic carbocycles. The van der Waals surface area contributed by atoms with Crippen LogP contribution in [0.3, 0.4) is 0 Å². The third-order valence-corrected chi connectivity index (χ3v) is 3.27. The summed E-state index contributed by atoms with van der Waals surface area (Å²) >= 11 is 1.57. The van der Waals surface area contributed by atoms with Crippen molar-refractivity contribution in [3.8, 4) is 11.5 Å². The van der Waals surface area contributed by atoms with E-state index in [1.165, 1.54) is 0 Å². The molecule has 2 aromatic rings. The summed E-state index contributed by atoms with van der Waals surface area (Å²) in [7, 11) is 1.64. The normalized spacial score (nSPS) is 10.3. The lowest BCUT2D eigenvalue weighted by atomic mass is 10.1. The molecule has 0 atom stereocenters. The molecular formula is C13H16N2O2S. The van der Waals surface area contributed by atoms with Crippen LogP contribution in [-0.4, -0.2) is 18.6 Å². The molecule has 1 heterocycles. The highest BCUT2D eigenvalue weighted by Gasteiger charge is 2.06. The topological polar surface area (TPSA) is 57.4 Å². The molecule has 0 radical (unpaired) electrons. The van der Waals surface area contributed by atoms with Crippen LogP contribution >= 0.6 is 11.3 Å². The molecule has 4 nitrogen and oxygen atoms in total. The van der Waals surface area contributed by atoms with Crippen LogP contribution in [0.2, 0.25) is 0 Å². The van der Waals surface area contributed by atoms with Crippen molar-refractivity contribution in [1.82, 2.24) is 4.98 Å². The lowest BCUT2D eigenvalue weighted by Crippen LogP contribution is -2.03. The molecule has 0 amide bonds. The van der Waals surface area contributed by atoms with Crippen molar-refractivity contribution in [3.63, 3.8) is 0 Å². The fourth-order valence-electron chi connectivity index (χ4n) is 1.62. The largest absolute Gasteiger partial charge is 0.493 e. The summed E-state index contributed by atoms with van der Waals surface area (Å²) in [5, 5.41) is 0. The average molecular weight is 264 g/mol. The van der Waals surface area contributed by atoms with Gasteiger partial charge in [-0.25, -0.2) is 0 Å². The maximum Gasteiger partial charge on any atom is 0.161 e. The fourth-order valence-corrected chi connectivity index (χ4v) is 2.12. The highest BCUT2D eigenvalue weighted by molar-refractivity contribution is 7.09. The summed E-state index contributed by atoms with van der Waals surface area (Å²) in [5.74, 6) is 1.48. The van der Waals surface area contributed by atoms with Crippen LogP contribution in [0.15, 0.2) is 29.9 Å². The van der Waals surface area contributed by atoms with Crippen LogP contribution < -0.4 is 15.2 Å². The first-order chi connectivity index (χ1) is 8.83. The number of hydrogen-bond donors (Lipinski definition) is 1. The van der Waals surface area contributed by atoms with Crippen molar-refractivity contribution in [3.05, 3.63) is 40.3 Å². The van der Waals surface area contributed by atoms with Gasteiger partial charge < -0.3 is 15.2 Å². The monoisotopic (exact) mass is 264 g/mol. The zero-order valence-electron chi connectivity index (χ0n) is 10.3. The van der Waals surface area contributed by atoms with E-state index in [1.807, 2.05) is 18.2 Å². The van der Waals surface area contributed by atoms with E-state index < -0.39 is 0 Å². The smallest absolute Gasteiger partial charge is 0.161 e. The maximum atomic E-state index is 5.76. The molecule has 18 heavy (non-hydrogen) atoms. The standard InChI is InChI=1S/C13H16N2O2S/c1-16-12-3-2-10(4-5-14)6-13(12)17-8-11-7-15-9-18-11/h2-3,6-7,9H,4-5,8,14H2,1H3. The van der Waals surface area contributed by atoms with Crippen LogP contribution in [0.25, 0.3) is 0 Å². The highest BCUT2D eigenvalue weighted by atomic mass is 32.1. The van der Waals surface area contributed by atoms with Crippen LogP contribution in [0.4, 0.5) is 0 Å². The second-order valence-electron chi connectivity index (χ2n) is 3.78.